The number of nitrogens with zero attached hydrogens (tertiary/aromatic N) is 1. The molecule has 0 aromatic rings. The Morgan fingerprint density at radius 3 is 3.20 bits per heavy atom. The van der Waals surface area contributed by atoms with Crippen LogP contribution >= 0.6 is 11.8 Å². The van der Waals surface area contributed by atoms with Crippen LogP contribution < -0.4 is 11.1 Å². The normalized spacial score (nSPS) is 36.5. The molecule has 0 radical (unpaired) electrons. The van der Waals surface area contributed by atoms with Crippen molar-refractivity contribution in [2.24, 2.45) is 16.8 Å². The lowest BCUT2D eigenvalue weighted by Gasteiger charge is -2.29. The van der Waals surface area contributed by atoms with Crippen molar-refractivity contribution < 1.29 is 10.0 Å². The average Bonchev–Trinajstić information content (AvgIpc) is 2.66. The van der Waals surface area contributed by atoms with Gasteiger partial charge in [-0.15, -0.1) is 0 Å². The molecule has 82 valence electrons. The second kappa shape index (κ2) is 4.14. The minimum atomic E-state index is -0.510. The first-order valence-corrected chi connectivity index (χ1v) is 5.85. The Morgan fingerprint density at radius 1 is 1.73 bits per heavy atom. The lowest BCUT2D eigenvalue weighted by atomic mass is 9.86. The minimum absolute atomic E-state index is 0.0343. The van der Waals surface area contributed by atoms with Crippen molar-refractivity contribution >= 4 is 23.5 Å². The number of thioether (sulfide) groups is 1. The van der Waals surface area contributed by atoms with Crippen molar-refractivity contribution in [3.63, 3.8) is 0 Å². The van der Waals surface area contributed by atoms with E-state index in [1.807, 2.05) is 6.08 Å². The van der Waals surface area contributed by atoms with E-state index in [2.05, 4.69) is 10.5 Å². The molecule has 2 amide bonds. The first-order valence-electron chi connectivity index (χ1n) is 4.80. The fraction of sp³-hybridized carbons (Fsp3) is 0.556. The molecular formula is C9H13N3O2S. The molecule has 0 aromatic heterocycles. The number of primary amides is 1. The molecule has 3 atom stereocenters. The highest BCUT2D eigenvalue weighted by Crippen LogP contribution is 2.38. The van der Waals surface area contributed by atoms with Crippen molar-refractivity contribution in [2.45, 2.75) is 17.7 Å². The van der Waals surface area contributed by atoms with Crippen LogP contribution in [-0.4, -0.2) is 34.0 Å². The number of hydrogen-bond acceptors (Lipinski definition) is 4. The highest BCUT2D eigenvalue weighted by atomic mass is 32.2. The van der Waals surface area contributed by atoms with E-state index in [0.717, 1.165) is 12.2 Å². The smallest absolute Gasteiger partial charge is 0.312 e. The molecule has 15 heavy (non-hydrogen) atoms. The third kappa shape index (κ3) is 1.94. The van der Waals surface area contributed by atoms with Gasteiger partial charge in [-0.05, 0) is 18.2 Å². The largest absolute Gasteiger partial charge is 0.411 e. The van der Waals surface area contributed by atoms with Crippen molar-refractivity contribution in [3.8, 4) is 0 Å². The molecule has 0 bridgehead atoms. The highest BCUT2D eigenvalue weighted by Gasteiger charge is 2.39. The van der Waals surface area contributed by atoms with Crippen LogP contribution in [0.2, 0.25) is 0 Å². The van der Waals surface area contributed by atoms with E-state index in [0.29, 0.717) is 11.6 Å². The molecule has 1 aliphatic carbocycles. The molecule has 0 saturated carbocycles. The molecule has 6 heteroatoms. The number of urea groups is 1. The van der Waals surface area contributed by atoms with Crippen LogP contribution in [0.3, 0.4) is 0 Å². The Bertz CT molecular complexity index is 329. The maximum Gasteiger partial charge on any atom is 0.312 e. The fourth-order valence-electron chi connectivity index (χ4n) is 2.13. The van der Waals surface area contributed by atoms with Gasteiger partial charge in [-0.1, -0.05) is 11.2 Å². The highest BCUT2D eigenvalue weighted by molar-refractivity contribution is 8.00. The number of nitrogens with two attached hydrogens (primary N) is 1. The van der Waals surface area contributed by atoms with E-state index in [1.165, 1.54) is 0 Å². The molecule has 5 nitrogen and oxygen atoms in total. The molecule has 1 heterocycles. The van der Waals surface area contributed by atoms with E-state index in [9.17, 15) is 4.79 Å². The maximum atomic E-state index is 10.8. The van der Waals surface area contributed by atoms with Gasteiger partial charge in [0.15, 0.2) is 0 Å². The number of carbonyl (C=O) groups excluding carboxylic acids is 1. The van der Waals surface area contributed by atoms with Gasteiger partial charge in [0.25, 0.3) is 0 Å². The van der Waals surface area contributed by atoms with Gasteiger partial charge in [-0.25, -0.2) is 4.79 Å². The molecule has 1 fully saturated rings. The Balaban J connectivity index is 2.18. The molecule has 1 saturated heterocycles. The standard InChI is InChI=1S/C9H13N3O2S/c10-9(13)11-6-1-2-7(12-14)8-5(6)3-4-15-8/h1-2,5-6,8,14H,3-4H2,(H3,10,11,13). The zero-order valence-electron chi connectivity index (χ0n) is 8.09. The Labute approximate surface area is 91.8 Å². The quantitative estimate of drug-likeness (QED) is 0.451. The van der Waals surface area contributed by atoms with Gasteiger partial charge in [0, 0.05) is 5.92 Å². The van der Waals surface area contributed by atoms with Gasteiger partial charge < -0.3 is 16.3 Å². The molecule has 0 aromatic carbocycles. The van der Waals surface area contributed by atoms with Gasteiger partial charge >= 0.3 is 6.03 Å². The van der Waals surface area contributed by atoms with E-state index >= 15 is 0 Å². The van der Waals surface area contributed by atoms with Crippen molar-refractivity contribution in [3.05, 3.63) is 12.2 Å². The van der Waals surface area contributed by atoms with Gasteiger partial charge in [0.05, 0.1) is 17.0 Å². The van der Waals surface area contributed by atoms with Crippen LogP contribution in [0.1, 0.15) is 6.42 Å². The van der Waals surface area contributed by atoms with Crippen LogP contribution in [-0.2, 0) is 0 Å². The van der Waals surface area contributed by atoms with Crippen LogP contribution in [0.4, 0.5) is 4.79 Å². The fourth-order valence-corrected chi connectivity index (χ4v) is 3.64. The summed E-state index contributed by atoms with van der Waals surface area (Å²) < 4.78 is 0. The molecule has 2 rings (SSSR count). The number of rotatable bonds is 1. The first kappa shape index (κ1) is 10.4. The molecule has 2 aliphatic rings. The molecule has 4 N–H and O–H groups in total. The molecule has 3 unspecified atom stereocenters. The first-order chi connectivity index (χ1) is 7.22. The van der Waals surface area contributed by atoms with E-state index in [1.54, 1.807) is 17.8 Å². The van der Waals surface area contributed by atoms with Crippen LogP contribution in [0, 0.1) is 5.92 Å². The van der Waals surface area contributed by atoms with Crippen LogP contribution in [0.15, 0.2) is 17.3 Å². The lowest BCUT2D eigenvalue weighted by molar-refractivity contribution is 0.243. The third-order valence-corrected chi connectivity index (χ3v) is 4.21. The number of hydrogen-bond donors (Lipinski definition) is 3. The van der Waals surface area contributed by atoms with Gasteiger partial charge in [0.2, 0.25) is 0 Å². The van der Waals surface area contributed by atoms with Crippen LogP contribution in [0.5, 0.6) is 0 Å². The predicted molar refractivity (Wildman–Crippen MR) is 59.2 cm³/mol. The number of nitrogens with one attached hydrogen (secondary N) is 1. The summed E-state index contributed by atoms with van der Waals surface area (Å²) in [6.07, 6.45) is 4.59. The second-order valence-electron chi connectivity index (χ2n) is 3.66. The van der Waals surface area contributed by atoms with Crippen molar-refractivity contribution in [2.75, 3.05) is 5.75 Å². The zero-order chi connectivity index (χ0) is 10.8. The van der Waals surface area contributed by atoms with Crippen molar-refractivity contribution in [1.82, 2.24) is 5.32 Å². The van der Waals surface area contributed by atoms with Gasteiger partial charge in [-0.2, -0.15) is 11.8 Å². The summed E-state index contributed by atoms with van der Waals surface area (Å²) in [6, 6.07) is -0.544. The van der Waals surface area contributed by atoms with Gasteiger partial charge in [-0.3, -0.25) is 0 Å². The molecular weight excluding hydrogens is 214 g/mol. The predicted octanol–water partition coefficient (Wildman–Crippen LogP) is 0.545. The van der Waals surface area contributed by atoms with E-state index < -0.39 is 6.03 Å². The number of allylic oxidation sites excluding steroid dienone is 1. The number of amides is 2. The summed E-state index contributed by atoms with van der Waals surface area (Å²) in [4.78, 5) is 10.8. The third-order valence-electron chi connectivity index (χ3n) is 2.79. The summed E-state index contributed by atoms with van der Waals surface area (Å²) in [5, 5.41) is 15.0. The lowest BCUT2D eigenvalue weighted by Crippen LogP contribution is -2.47. The second-order valence-corrected chi connectivity index (χ2v) is 4.91. The molecule has 0 spiro atoms. The summed E-state index contributed by atoms with van der Waals surface area (Å²) >= 11 is 1.76. The minimum Gasteiger partial charge on any atom is -0.411 e. The summed E-state index contributed by atoms with van der Waals surface area (Å²) in [5.41, 5.74) is 5.79. The number of fused-ring (bicyclic) bond motifs is 1. The monoisotopic (exact) mass is 227 g/mol. The SMILES string of the molecule is NC(=O)NC1C=CC(=NO)C2SCCC12. The maximum absolute atomic E-state index is 10.8. The zero-order valence-corrected chi connectivity index (χ0v) is 8.91. The van der Waals surface area contributed by atoms with Gasteiger partial charge in [0.1, 0.15) is 0 Å². The van der Waals surface area contributed by atoms with Crippen LogP contribution in [0.25, 0.3) is 0 Å². The Kier molecular flexibility index (Phi) is 2.86. The van der Waals surface area contributed by atoms with E-state index in [-0.39, 0.29) is 11.3 Å². The summed E-state index contributed by atoms with van der Waals surface area (Å²) in [6.45, 7) is 0. The summed E-state index contributed by atoms with van der Waals surface area (Å²) in [7, 11) is 0. The van der Waals surface area contributed by atoms with Crippen molar-refractivity contribution in [1.29, 1.82) is 0 Å². The Hall–Kier alpha value is -1.17. The summed E-state index contributed by atoms with van der Waals surface area (Å²) in [5.74, 6) is 1.31. The number of carbonyl (C=O) groups is 1. The number of oxime groups is 1. The average molecular weight is 227 g/mol. The molecule has 1 aliphatic heterocycles. The Morgan fingerprint density at radius 2 is 2.53 bits per heavy atom. The van der Waals surface area contributed by atoms with E-state index in [4.69, 9.17) is 10.9 Å². The topological polar surface area (TPSA) is 87.7 Å².